The van der Waals surface area contributed by atoms with Crippen molar-refractivity contribution >= 4 is 29.7 Å². The highest BCUT2D eigenvalue weighted by atomic mass is 35.5. The van der Waals surface area contributed by atoms with Crippen molar-refractivity contribution in [3.05, 3.63) is 16.1 Å². The van der Waals surface area contributed by atoms with Crippen LogP contribution in [0.5, 0.6) is 0 Å². The number of hydrogen-bond donors (Lipinski definition) is 1. The molecule has 4 nitrogen and oxygen atoms in total. The Kier molecular flexibility index (Phi) is 6.24. The quantitative estimate of drug-likeness (QED) is 0.916. The van der Waals surface area contributed by atoms with Gasteiger partial charge in [0, 0.05) is 24.9 Å². The fourth-order valence-corrected chi connectivity index (χ4v) is 4.58. The molecule has 3 rings (SSSR count). The maximum absolute atomic E-state index is 12.5. The molecule has 1 aliphatic heterocycles. The summed E-state index contributed by atoms with van der Waals surface area (Å²) in [5, 5.41) is 2.86. The van der Waals surface area contributed by atoms with E-state index in [9.17, 15) is 4.79 Å². The van der Waals surface area contributed by atoms with E-state index in [0.29, 0.717) is 17.7 Å². The van der Waals surface area contributed by atoms with E-state index in [1.165, 1.54) is 44.9 Å². The van der Waals surface area contributed by atoms with Crippen LogP contribution in [-0.4, -0.2) is 35.4 Å². The molecule has 1 aromatic heterocycles. The van der Waals surface area contributed by atoms with Gasteiger partial charge in [-0.1, -0.05) is 19.3 Å². The van der Waals surface area contributed by atoms with E-state index in [0.717, 1.165) is 24.5 Å². The largest absolute Gasteiger partial charge is 0.337 e. The topological polar surface area (TPSA) is 59.2 Å². The van der Waals surface area contributed by atoms with E-state index in [4.69, 9.17) is 5.73 Å². The highest BCUT2D eigenvalue weighted by Gasteiger charge is 2.37. The third-order valence-electron chi connectivity index (χ3n) is 5.15. The van der Waals surface area contributed by atoms with Crippen LogP contribution in [0.25, 0.3) is 0 Å². The van der Waals surface area contributed by atoms with Crippen molar-refractivity contribution in [2.45, 2.75) is 51.4 Å². The van der Waals surface area contributed by atoms with Crippen molar-refractivity contribution in [3.63, 3.8) is 0 Å². The number of hydrogen-bond acceptors (Lipinski definition) is 4. The summed E-state index contributed by atoms with van der Waals surface area (Å²) >= 11 is 1.55. The van der Waals surface area contributed by atoms with Crippen molar-refractivity contribution < 1.29 is 4.79 Å². The Morgan fingerprint density at radius 3 is 2.55 bits per heavy atom. The zero-order chi connectivity index (χ0) is 14.7. The number of nitrogens with zero attached hydrogens (tertiary/aromatic N) is 2. The molecule has 0 radical (unpaired) electrons. The monoisotopic (exact) mass is 343 g/mol. The lowest BCUT2D eigenvalue weighted by Gasteiger charge is -2.44. The summed E-state index contributed by atoms with van der Waals surface area (Å²) in [5.74, 6) is 0.111. The van der Waals surface area contributed by atoms with E-state index < -0.39 is 0 Å². The summed E-state index contributed by atoms with van der Waals surface area (Å²) in [5.41, 5.74) is 6.70. The summed E-state index contributed by atoms with van der Waals surface area (Å²) in [6, 6.07) is 0. The Labute approximate surface area is 142 Å². The van der Waals surface area contributed by atoms with Crippen LogP contribution in [-0.2, 0) is 6.42 Å². The van der Waals surface area contributed by atoms with E-state index in [2.05, 4.69) is 4.98 Å². The van der Waals surface area contributed by atoms with Crippen LogP contribution in [0, 0.1) is 5.41 Å². The SMILES string of the molecule is Cl.NCCc1nc(C(=O)N2CCC3(CCCCC3)CC2)cs1. The molecule has 1 amide bonds. The molecule has 2 aliphatic rings. The van der Waals surface area contributed by atoms with E-state index in [1.54, 1.807) is 11.3 Å². The van der Waals surface area contributed by atoms with Gasteiger partial charge in [0.05, 0.1) is 5.01 Å². The van der Waals surface area contributed by atoms with Crippen LogP contribution in [0.2, 0.25) is 0 Å². The molecule has 6 heteroatoms. The lowest BCUT2D eigenvalue weighted by Crippen LogP contribution is -2.44. The van der Waals surface area contributed by atoms with Gasteiger partial charge in [0.25, 0.3) is 5.91 Å². The van der Waals surface area contributed by atoms with E-state index >= 15 is 0 Å². The second-order valence-corrected chi connectivity index (χ2v) is 7.46. The number of likely N-dealkylation sites (tertiary alicyclic amines) is 1. The summed E-state index contributed by atoms with van der Waals surface area (Å²) in [6.07, 6.45) is 10.0. The second kappa shape index (κ2) is 7.75. The van der Waals surface area contributed by atoms with Crippen LogP contribution in [0.3, 0.4) is 0 Å². The maximum Gasteiger partial charge on any atom is 0.273 e. The lowest BCUT2D eigenvalue weighted by molar-refractivity contribution is 0.0468. The first-order chi connectivity index (χ1) is 10.2. The van der Waals surface area contributed by atoms with Gasteiger partial charge < -0.3 is 10.6 Å². The van der Waals surface area contributed by atoms with Gasteiger partial charge >= 0.3 is 0 Å². The second-order valence-electron chi connectivity index (χ2n) is 6.52. The molecular weight excluding hydrogens is 318 g/mol. The minimum atomic E-state index is 0. The van der Waals surface area contributed by atoms with Gasteiger partial charge in [-0.25, -0.2) is 4.98 Å². The van der Waals surface area contributed by atoms with Crippen molar-refractivity contribution in [2.24, 2.45) is 11.1 Å². The lowest BCUT2D eigenvalue weighted by atomic mass is 9.68. The molecule has 2 heterocycles. The van der Waals surface area contributed by atoms with Gasteiger partial charge in [-0.05, 0) is 37.6 Å². The fourth-order valence-electron chi connectivity index (χ4n) is 3.80. The molecule has 0 atom stereocenters. The van der Waals surface area contributed by atoms with Crippen LogP contribution in [0.1, 0.15) is 60.4 Å². The number of aromatic nitrogens is 1. The predicted octanol–water partition coefficient (Wildman–Crippen LogP) is 3.25. The van der Waals surface area contributed by atoms with Gasteiger partial charge in [-0.3, -0.25) is 4.79 Å². The molecular formula is C16H26ClN3OS. The third kappa shape index (κ3) is 3.81. The molecule has 0 aromatic carbocycles. The standard InChI is InChI=1S/C16H25N3OS.ClH/c17-9-4-14-18-13(12-21-14)15(20)19-10-7-16(8-11-19)5-2-1-3-6-16;/h12H,1-11,17H2;1H. The Morgan fingerprint density at radius 2 is 1.91 bits per heavy atom. The zero-order valence-electron chi connectivity index (χ0n) is 13.1. The normalized spacial score (nSPS) is 20.7. The highest BCUT2D eigenvalue weighted by molar-refractivity contribution is 7.09. The molecule has 1 saturated heterocycles. The molecule has 2 fully saturated rings. The van der Waals surface area contributed by atoms with Gasteiger partial charge in [0.15, 0.2) is 0 Å². The molecule has 0 bridgehead atoms. The number of halogens is 1. The number of carbonyl (C=O) groups is 1. The van der Waals surface area contributed by atoms with E-state index in [-0.39, 0.29) is 18.3 Å². The Morgan fingerprint density at radius 1 is 1.23 bits per heavy atom. The van der Waals surface area contributed by atoms with Crippen molar-refractivity contribution in [2.75, 3.05) is 19.6 Å². The maximum atomic E-state index is 12.5. The Bertz CT molecular complexity index is 489. The molecule has 1 spiro atoms. The molecule has 22 heavy (non-hydrogen) atoms. The molecule has 1 aliphatic carbocycles. The average Bonchev–Trinajstić information content (AvgIpc) is 2.97. The number of nitrogens with two attached hydrogens (primary N) is 1. The molecule has 1 aromatic rings. The molecule has 1 saturated carbocycles. The first-order valence-corrected chi connectivity index (χ1v) is 9.04. The third-order valence-corrected chi connectivity index (χ3v) is 6.06. The minimum absolute atomic E-state index is 0. The molecule has 0 unspecified atom stereocenters. The van der Waals surface area contributed by atoms with Gasteiger partial charge in [0.2, 0.25) is 0 Å². The summed E-state index contributed by atoms with van der Waals surface area (Å²) in [7, 11) is 0. The highest BCUT2D eigenvalue weighted by Crippen LogP contribution is 2.44. The Hall–Kier alpha value is -0.650. The fraction of sp³-hybridized carbons (Fsp3) is 0.750. The van der Waals surface area contributed by atoms with E-state index in [1.807, 2.05) is 10.3 Å². The summed E-state index contributed by atoms with van der Waals surface area (Å²) < 4.78 is 0. The zero-order valence-corrected chi connectivity index (χ0v) is 14.7. The van der Waals surface area contributed by atoms with Crippen molar-refractivity contribution in [1.29, 1.82) is 0 Å². The van der Waals surface area contributed by atoms with Crippen molar-refractivity contribution in [3.8, 4) is 0 Å². The van der Waals surface area contributed by atoms with Gasteiger partial charge in [-0.15, -0.1) is 23.7 Å². The first-order valence-electron chi connectivity index (χ1n) is 8.16. The summed E-state index contributed by atoms with van der Waals surface area (Å²) in [4.78, 5) is 19.0. The number of amides is 1. The summed E-state index contributed by atoms with van der Waals surface area (Å²) in [6.45, 7) is 2.40. The van der Waals surface area contributed by atoms with Crippen LogP contribution < -0.4 is 5.73 Å². The Balaban J connectivity index is 0.00000176. The van der Waals surface area contributed by atoms with Crippen molar-refractivity contribution in [1.82, 2.24) is 9.88 Å². The number of piperidine rings is 1. The van der Waals surface area contributed by atoms with Crippen LogP contribution >= 0.6 is 23.7 Å². The minimum Gasteiger partial charge on any atom is -0.337 e. The van der Waals surface area contributed by atoms with Crippen LogP contribution in [0.15, 0.2) is 5.38 Å². The molecule has 124 valence electrons. The smallest absolute Gasteiger partial charge is 0.273 e. The first kappa shape index (κ1) is 17.7. The van der Waals surface area contributed by atoms with Crippen LogP contribution in [0.4, 0.5) is 0 Å². The number of thiazole rings is 1. The molecule has 2 N–H and O–H groups in total. The van der Waals surface area contributed by atoms with Gasteiger partial charge in [-0.2, -0.15) is 0 Å². The number of carbonyl (C=O) groups excluding carboxylic acids is 1. The van der Waals surface area contributed by atoms with Gasteiger partial charge in [0.1, 0.15) is 5.69 Å². The predicted molar refractivity (Wildman–Crippen MR) is 92.8 cm³/mol. The average molecular weight is 344 g/mol. The number of rotatable bonds is 3.